The number of hydrogen-bond donors (Lipinski definition) is 1. The average Bonchev–Trinajstić information content (AvgIpc) is 2.54. The second-order valence-electron chi connectivity index (χ2n) is 5.76. The van der Waals surface area contributed by atoms with Crippen molar-refractivity contribution in [2.75, 3.05) is 0 Å². The van der Waals surface area contributed by atoms with Crippen LogP contribution < -0.4 is 20.8 Å². The fourth-order valence-corrected chi connectivity index (χ4v) is 2.38. The number of carbonyl (C=O) groups is 2. The minimum atomic E-state index is -0.624. The van der Waals surface area contributed by atoms with E-state index in [0.717, 1.165) is 6.42 Å². The molecule has 1 aromatic carbocycles. The van der Waals surface area contributed by atoms with E-state index in [1.807, 2.05) is 6.92 Å². The molecule has 2 aromatic rings. The van der Waals surface area contributed by atoms with Gasteiger partial charge >= 0.3 is 17.6 Å². The Hall–Kier alpha value is -2.67. The number of ether oxygens (including phenoxy) is 2. The second kappa shape index (κ2) is 7.94. The van der Waals surface area contributed by atoms with Crippen molar-refractivity contribution in [2.24, 2.45) is 5.73 Å². The normalized spacial score (nSPS) is 12.0. The van der Waals surface area contributed by atoms with Crippen molar-refractivity contribution in [2.45, 2.75) is 46.1 Å². The molecule has 0 amide bonds. The van der Waals surface area contributed by atoms with Crippen LogP contribution in [0.3, 0.4) is 0 Å². The summed E-state index contributed by atoms with van der Waals surface area (Å²) in [6, 6.07) is 4.81. The molecule has 1 unspecified atom stereocenters. The maximum Gasteiger partial charge on any atom is 0.339 e. The average molecular weight is 347 g/mol. The molecule has 1 aromatic heterocycles. The Morgan fingerprint density at radius 1 is 1.20 bits per heavy atom. The largest absolute Gasteiger partial charge is 0.423 e. The summed E-state index contributed by atoms with van der Waals surface area (Å²) in [6.07, 6.45) is 1.97. The Labute approximate surface area is 144 Å². The van der Waals surface area contributed by atoms with E-state index >= 15 is 0 Å². The van der Waals surface area contributed by atoms with E-state index in [1.54, 1.807) is 12.1 Å². The zero-order chi connectivity index (χ0) is 18.6. The molecule has 0 aliphatic rings. The first kappa shape index (κ1) is 18.7. The van der Waals surface area contributed by atoms with Gasteiger partial charge in [0.2, 0.25) is 5.75 Å². The van der Waals surface area contributed by atoms with Crippen LogP contribution in [0.25, 0.3) is 11.0 Å². The van der Waals surface area contributed by atoms with Gasteiger partial charge in [-0.3, -0.25) is 9.59 Å². The molecule has 1 heterocycles. The molecule has 0 radical (unpaired) electrons. The molecule has 2 rings (SSSR count). The highest BCUT2D eigenvalue weighted by atomic mass is 16.6. The lowest BCUT2D eigenvalue weighted by molar-refractivity contribution is -0.134. The van der Waals surface area contributed by atoms with E-state index in [9.17, 15) is 14.4 Å². The van der Waals surface area contributed by atoms with Crippen LogP contribution in [-0.4, -0.2) is 18.0 Å². The summed E-state index contributed by atoms with van der Waals surface area (Å²) in [4.78, 5) is 34.8. The highest BCUT2D eigenvalue weighted by molar-refractivity contribution is 5.89. The van der Waals surface area contributed by atoms with Crippen LogP contribution in [0.1, 0.15) is 39.2 Å². The number of carbonyl (C=O) groups excluding carboxylic acids is 2. The van der Waals surface area contributed by atoms with Gasteiger partial charge in [-0.1, -0.05) is 6.92 Å². The van der Waals surface area contributed by atoms with Gasteiger partial charge in [0.05, 0.1) is 0 Å². The van der Waals surface area contributed by atoms with Gasteiger partial charge in [0.1, 0.15) is 0 Å². The summed E-state index contributed by atoms with van der Waals surface area (Å²) in [7, 11) is 0. The lowest BCUT2D eigenvalue weighted by Gasteiger charge is -2.12. The summed E-state index contributed by atoms with van der Waals surface area (Å²) in [5.41, 5.74) is 5.90. The van der Waals surface area contributed by atoms with Crippen molar-refractivity contribution in [3.05, 3.63) is 34.2 Å². The number of rotatable bonds is 6. The molecule has 0 aliphatic carbocycles. The first-order chi connectivity index (χ1) is 11.8. The topological polar surface area (TPSA) is 109 Å². The summed E-state index contributed by atoms with van der Waals surface area (Å²) in [6.45, 7) is 4.41. The Bertz CT molecular complexity index is 855. The Morgan fingerprint density at radius 3 is 2.48 bits per heavy atom. The van der Waals surface area contributed by atoms with Crippen LogP contribution in [0.5, 0.6) is 11.5 Å². The van der Waals surface area contributed by atoms with Crippen LogP contribution in [0.2, 0.25) is 0 Å². The molecule has 1 atom stereocenters. The molecule has 0 saturated carbocycles. The summed E-state index contributed by atoms with van der Waals surface area (Å²) < 4.78 is 15.5. The van der Waals surface area contributed by atoms with Gasteiger partial charge in [-0.2, -0.15) is 0 Å². The first-order valence-corrected chi connectivity index (χ1v) is 8.04. The molecule has 0 fully saturated rings. The van der Waals surface area contributed by atoms with E-state index in [1.165, 1.54) is 19.9 Å². The maximum atomic E-state index is 12.2. The molecule has 7 nitrogen and oxygen atoms in total. The van der Waals surface area contributed by atoms with E-state index in [4.69, 9.17) is 19.6 Å². The van der Waals surface area contributed by atoms with E-state index in [-0.39, 0.29) is 23.1 Å². The Balaban J connectivity index is 2.51. The van der Waals surface area contributed by atoms with Crippen LogP contribution >= 0.6 is 0 Å². The smallest absolute Gasteiger partial charge is 0.339 e. The SMILES string of the molecule is CCC(N)CCc1cc2ccc(OC(C)=O)c(OC(C)=O)c2oc1=O. The standard InChI is InChI=1S/C18H21NO6/c1-4-14(19)7-5-13-9-12-6-8-15(23-10(2)20)17(24-11(3)21)16(12)25-18(13)22/h6,8-9,14H,4-5,7,19H2,1-3H3. The molecular formula is C18H21NO6. The molecule has 0 aliphatic heterocycles. The van der Waals surface area contributed by atoms with Crippen LogP contribution in [-0.2, 0) is 16.0 Å². The van der Waals surface area contributed by atoms with Crippen molar-refractivity contribution in [3.63, 3.8) is 0 Å². The minimum absolute atomic E-state index is 0.0121. The molecule has 2 N–H and O–H groups in total. The molecule has 0 spiro atoms. The van der Waals surface area contributed by atoms with Crippen LogP contribution in [0, 0.1) is 0 Å². The van der Waals surface area contributed by atoms with Crippen molar-refractivity contribution >= 4 is 22.9 Å². The van der Waals surface area contributed by atoms with Gasteiger partial charge in [-0.05, 0) is 37.5 Å². The Morgan fingerprint density at radius 2 is 1.88 bits per heavy atom. The van der Waals surface area contributed by atoms with Crippen molar-refractivity contribution < 1.29 is 23.5 Å². The molecule has 7 heteroatoms. The molecule has 25 heavy (non-hydrogen) atoms. The Kier molecular flexibility index (Phi) is 5.93. The quantitative estimate of drug-likeness (QED) is 0.485. The predicted octanol–water partition coefficient (Wildman–Crippen LogP) is 2.31. The molecule has 0 bridgehead atoms. The number of benzene rings is 1. The third-order valence-electron chi connectivity index (χ3n) is 3.70. The van der Waals surface area contributed by atoms with Gasteiger partial charge in [-0.15, -0.1) is 0 Å². The number of fused-ring (bicyclic) bond motifs is 1. The monoisotopic (exact) mass is 347 g/mol. The van der Waals surface area contributed by atoms with Crippen molar-refractivity contribution in [1.29, 1.82) is 0 Å². The fraction of sp³-hybridized carbons (Fsp3) is 0.389. The van der Waals surface area contributed by atoms with Crippen molar-refractivity contribution in [3.8, 4) is 11.5 Å². The highest BCUT2D eigenvalue weighted by Crippen LogP contribution is 2.35. The third-order valence-corrected chi connectivity index (χ3v) is 3.70. The lowest BCUT2D eigenvalue weighted by Crippen LogP contribution is -2.20. The van der Waals surface area contributed by atoms with E-state index < -0.39 is 17.6 Å². The van der Waals surface area contributed by atoms with Gasteiger partial charge in [-0.25, -0.2) is 4.79 Å². The van der Waals surface area contributed by atoms with Gasteiger partial charge in [0.15, 0.2) is 11.3 Å². The summed E-state index contributed by atoms with van der Waals surface area (Å²) in [5.74, 6) is -1.28. The lowest BCUT2D eigenvalue weighted by atomic mass is 10.0. The third kappa shape index (κ3) is 4.67. The van der Waals surface area contributed by atoms with Crippen LogP contribution in [0.4, 0.5) is 0 Å². The number of aryl methyl sites for hydroxylation is 1. The molecule has 134 valence electrons. The maximum absolute atomic E-state index is 12.2. The van der Waals surface area contributed by atoms with E-state index in [2.05, 4.69) is 0 Å². The highest BCUT2D eigenvalue weighted by Gasteiger charge is 2.18. The predicted molar refractivity (Wildman–Crippen MR) is 91.7 cm³/mol. The zero-order valence-electron chi connectivity index (χ0n) is 14.5. The molecular weight excluding hydrogens is 326 g/mol. The minimum Gasteiger partial charge on any atom is -0.423 e. The van der Waals surface area contributed by atoms with Gasteiger partial charge in [0, 0.05) is 30.8 Å². The fourth-order valence-electron chi connectivity index (χ4n) is 2.38. The van der Waals surface area contributed by atoms with Crippen LogP contribution in [0.15, 0.2) is 27.4 Å². The van der Waals surface area contributed by atoms with E-state index in [0.29, 0.717) is 23.8 Å². The zero-order valence-corrected chi connectivity index (χ0v) is 14.5. The number of nitrogens with two attached hydrogens (primary N) is 1. The first-order valence-electron chi connectivity index (χ1n) is 8.04. The summed E-state index contributed by atoms with van der Waals surface area (Å²) >= 11 is 0. The summed E-state index contributed by atoms with van der Waals surface area (Å²) in [5, 5.41) is 0.562. The van der Waals surface area contributed by atoms with Crippen molar-refractivity contribution in [1.82, 2.24) is 0 Å². The number of hydrogen-bond acceptors (Lipinski definition) is 7. The molecule has 0 saturated heterocycles. The van der Waals surface area contributed by atoms with Gasteiger partial charge < -0.3 is 19.6 Å². The second-order valence-corrected chi connectivity index (χ2v) is 5.76. The number of esters is 2. The van der Waals surface area contributed by atoms with Gasteiger partial charge in [0.25, 0.3) is 0 Å².